The SMILES string of the molecule is Cc1ccc(N)cc1C(=O)Nc1cnc(NCCN2CCOCC2)nc1.Cc1ccc([N+](=O)[O-])cc1C(=O)Nc1cnc(I)nc1.Cc1ccc([N+](=O)[O-])cc1C(=O)Nc1cnc(N)nc1.Cc1ccc([N+](=O)[O-])cc1C(=O)Nc1cnc(NCCN2CCOCC2)nc1.NCCN1CCOCC1.O=C(Cl)c1cccc(C(F)(F)F)c1. The van der Waals surface area contributed by atoms with Crippen molar-refractivity contribution in [3.63, 3.8) is 0 Å². The maximum absolute atomic E-state index is 12.4. The van der Waals surface area contributed by atoms with E-state index in [1.54, 1.807) is 51.4 Å². The van der Waals surface area contributed by atoms with Crippen molar-refractivity contribution in [2.75, 3.05) is 162 Å². The van der Waals surface area contributed by atoms with Crippen molar-refractivity contribution in [3.8, 4) is 0 Å². The highest BCUT2D eigenvalue weighted by molar-refractivity contribution is 14.1. The molecule has 0 radical (unpaired) electrons. The van der Waals surface area contributed by atoms with Crippen LogP contribution in [0.4, 0.5) is 76.5 Å². The number of alkyl halides is 3. The molecule has 614 valence electrons. The number of ether oxygens (including phenoxy) is 3. The van der Waals surface area contributed by atoms with Gasteiger partial charge < -0.3 is 63.3 Å². The van der Waals surface area contributed by atoms with E-state index in [4.69, 9.17) is 43.0 Å². The highest BCUT2D eigenvalue weighted by Crippen LogP contribution is 2.30. The number of nitrogen functional groups attached to an aromatic ring is 2. The Morgan fingerprint density at radius 3 is 1.12 bits per heavy atom. The number of nitro benzene ring substituents is 3. The number of halogens is 5. The summed E-state index contributed by atoms with van der Waals surface area (Å²) >= 11 is 6.97. The minimum absolute atomic E-state index is 0.0922. The molecule has 12 rings (SSSR count). The molecule has 9 aromatic rings. The number of carbonyl (C=O) groups is 5. The molecule has 0 unspecified atom stereocenters. The van der Waals surface area contributed by atoms with Crippen LogP contribution in [-0.2, 0) is 20.4 Å². The van der Waals surface area contributed by atoms with Crippen LogP contribution in [0, 0.1) is 61.9 Å². The normalized spacial score (nSPS) is 13.3. The summed E-state index contributed by atoms with van der Waals surface area (Å²) in [6.45, 7) is 22.7. The molecule has 0 atom stereocenters. The van der Waals surface area contributed by atoms with Crippen molar-refractivity contribution >= 4 is 126 Å². The third kappa shape index (κ3) is 31.0. The van der Waals surface area contributed by atoms with E-state index in [9.17, 15) is 67.5 Å². The molecule has 42 heteroatoms. The average Bonchev–Trinajstić information content (AvgIpc) is 0.849. The fourth-order valence-electron chi connectivity index (χ4n) is 10.5. The van der Waals surface area contributed by atoms with Crippen LogP contribution in [-0.4, -0.2) is 216 Å². The predicted octanol–water partition coefficient (Wildman–Crippen LogP) is 9.49. The molecule has 5 aromatic carbocycles. The van der Waals surface area contributed by atoms with Gasteiger partial charge in [0.15, 0.2) is 3.83 Å². The molecule has 3 aliphatic rings. The van der Waals surface area contributed by atoms with Crippen molar-refractivity contribution in [1.82, 2.24) is 54.6 Å². The Labute approximate surface area is 681 Å². The van der Waals surface area contributed by atoms with Crippen LogP contribution in [0.25, 0.3) is 0 Å². The number of nitrogens with one attached hydrogen (secondary N) is 6. The number of carbonyl (C=O) groups excluding carboxylic acids is 5. The number of non-ortho nitro benzene ring substituents is 3. The number of hydrogen-bond acceptors (Lipinski definition) is 30. The van der Waals surface area contributed by atoms with Gasteiger partial charge in [0.05, 0.1) is 132 Å². The van der Waals surface area contributed by atoms with Gasteiger partial charge in [-0.2, -0.15) is 13.2 Å². The van der Waals surface area contributed by atoms with Crippen LogP contribution >= 0.6 is 34.2 Å². The van der Waals surface area contributed by atoms with E-state index in [0.717, 1.165) is 135 Å². The highest BCUT2D eigenvalue weighted by Gasteiger charge is 2.31. The number of benzene rings is 5. The molecule has 7 heterocycles. The number of aromatic nitrogens is 8. The maximum atomic E-state index is 12.4. The Morgan fingerprint density at radius 1 is 0.474 bits per heavy atom. The van der Waals surface area contributed by atoms with Crippen molar-refractivity contribution in [1.29, 1.82) is 0 Å². The van der Waals surface area contributed by atoms with Gasteiger partial charge in [-0.25, -0.2) is 39.9 Å². The van der Waals surface area contributed by atoms with E-state index in [-0.39, 0.29) is 51.2 Å². The van der Waals surface area contributed by atoms with E-state index >= 15 is 0 Å². The first-order chi connectivity index (χ1) is 55.4. The Bertz CT molecular complexity index is 4670. The molecule has 0 aliphatic carbocycles. The highest BCUT2D eigenvalue weighted by atomic mass is 127. The van der Waals surface area contributed by atoms with Crippen LogP contribution in [0.1, 0.15) is 79.6 Å². The number of hydrogen-bond donors (Lipinski definition) is 9. The van der Waals surface area contributed by atoms with Gasteiger partial charge in [0.25, 0.3) is 45.9 Å². The lowest BCUT2D eigenvalue weighted by Gasteiger charge is -2.26. The number of nitrogens with two attached hydrogens (primary N) is 3. The molecule has 0 bridgehead atoms. The summed E-state index contributed by atoms with van der Waals surface area (Å²) in [4.78, 5) is 129. The Balaban J connectivity index is 0.000000198. The zero-order valence-corrected chi connectivity index (χ0v) is 66.1. The Hall–Kier alpha value is -12.1. The summed E-state index contributed by atoms with van der Waals surface area (Å²) < 4.78 is 52.6. The summed E-state index contributed by atoms with van der Waals surface area (Å²) in [7, 11) is 0. The van der Waals surface area contributed by atoms with Crippen LogP contribution < -0.4 is 49.1 Å². The minimum atomic E-state index is -4.44. The van der Waals surface area contributed by atoms with Gasteiger partial charge in [-0.05, 0) is 85.8 Å². The van der Waals surface area contributed by atoms with Crippen LogP contribution in [0.5, 0.6) is 0 Å². The largest absolute Gasteiger partial charge is 0.416 e. The zero-order chi connectivity index (χ0) is 84.3. The molecule has 3 aliphatic heterocycles. The number of rotatable bonds is 22. The smallest absolute Gasteiger partial charge is 0.399 e. The van der Waals surface area contributed by atoms with Gasteiger partial charge in [-0.1, -0.05) is 36.4 Å². The molecule has 0 saturated carbocycles. The molecule has 3 saturated heterocycles. The number of nitro groups is 3. The lowest BCUT2D eigenvalue weighted by Crippen LogP contribution is -2.39. The summed E-state index contributed by atoms with van der Waals surface area (Å²) in [6, 6.07) is 21.6. The van der Waals surface area contributed by atoms with Crippen molar-refractivity contribution in [3.05, 3.63) is 236 Å². The third-order valence-corrected chi connectivity index (χ3v) is 17.5. The predicted molar refractivity (Wildman–Crippen MR) is 436 cm³/mol. The molecule has 4 amide bonds. The first-order valence-electron chi connectivity index (χ1n) is 35.4. The first-order valence-corrected chi connectivity index (χ1v) is 36.9. The van der Waals surface area contributed by atoms with Gasteiger partial charge in [0.1, 0.15) is 0 Å². The van der Waals surface area contributed by atoms with E-state index in [2.05, 4.69) is 86.5 Å². The van der Waals surface area contributed by atoms with Crippen LogP contribution in [0.15, 0.2) is 147 Å². The lowest BCUT2D eigenvalue weighted by atomic mass is 10.1. The molecule has 116 heavy (non-hydrogen) atoms. The quantitative estimate of drug-likeness (QED) is 0.00761. The van der Waals surface area contributed by atoms with Gasteiger partial charge >= 0.3 is 6.18 Å². The average molecular weight is 1740 g/mol. The number of aryl methyl sites for hydroxylation is 4. The molecular weight excluding hydrogens is 1650 g/mol. The topological polar surface area (TPSA) is 506 Å². The summed E-state index contributed by atoms with van der Waals surface area (Å²) in [5, 5.41) is 48.4. The van der Waals surface area contributed by atoms with Gasteiger partial charge in [-0.15, -0.1) is 0 Å². The van der Waals surface area contributed by atoms with E-state index in [0.29, 0.717) is 73.0 Å². The fraction of sp³-hybridized carbons (Fsp3) is 0.311. The second-order valence-corrected chi connectivity index (χ2v) is 26.5. The fourth-order valence-corrected chi connectivity index (χ4v) is 10.9. The molecule has 4 aromatic heterocycles. The summed E-state index contributed by atoms with van der Waals surface area (Å²) in [5.74, 6) is -0.483. The number of nitrogens with zero attached hydrogens (tertiary/aromatic N) is 14. The summed E-state index contributed by atoms with van der Waals surface area (Å²) in [6.07, 6.45) is 7.37. The molecule has 12 N–H and O–H groups in total. The van der Waals surface area contributed by atoms with E-state index < -0.39 is 49.5 Å². The molecular formula is C74H84ClF3IN23O14. The molecule has 3 fully saturated rings. The maximum Gasteiger partial charge on any atom is 0.416 e. The number of anilines is 8. The number of amides is 4. The molecule has 0 spiro atoms. The van der Waals surface area contributed by atoms with E-state index in [1.165, 1.54) is 91.8 Å². The summed E-state index contributed by atoms with van der Waals surface area (Å²) in [5.41, 5.74) is 21.4. The van der Waals surface area contributed by atoms with Gasteiger partial charge in [-0.3, -0.25) is 69.0 Å². The van der Waals surface area contributed by atoms with Crippen molar-refractivity contribution < 1.29 is 66.1 Å². The first kappa shape index (κ1) is 91.1. The Kier molecular flexibility index (Phi) is 36.4. The zero-order valence-electron chi connectivity index (χ0n) is 63.2. The lowest BCUT2D eigenvalue weighted by molar-refractivity contribution is -0.385. The van der Waals surface area contributed by atoms with Crippen molar-refractivity contribution in [2.24, 2.45) is 5.73 Å². The molecule has 37 nitrogen and oxygen atoms in total. The van der Waals surface area contributed by atoms with Crippen LogP contribution in [0.3, 0.4) is 0 Å². The van der Waals surface area contributed by atoms with Crippen LogP contribution in [0.2, 0.25) is 0 Å². The number of morpholine rings is 3. The monoisotopic (exact) mass is 1740 g/mol. The van der Waals surface area contributed by atoms with Gasteiger partial charge in [0, 0.05) is 171 Å². The second kappa shape index (κ2) is 46.3. The second-order valence-electron chi connectivity index (χ2n) is 25.2. The van der Waals surface area contributed by atoms with Crippen molar-refractivity contribution in [2.45, 2.75) is 33.9 Å². The standard InChI is InChI=1S/C18H22N6O4.C18H24N6O2.C12H9IN4O3.C12H11N5O3.C8H4ClF3O.C6H14N2O/c1-13-2-3-15(24(26)27)10-16(13)17(25)22-14-11-20-18(21-12-14)19-4-5-23-6-8-28-9-7-23;1-13-2-3-14(19)10-16(13)17(25)23-15-11-21-18(22-12-15)20-4-5-24-6-8-26-9-7-24;2*1-7-2-3-9(17(19)20)4-10(7)11(18)16-8-5-14-12(13)15-6-8;9-7(13)5-2-1-3-6(4-5)8(10,11)12;7-1-2-8-3-5-9-6-4-8/h2-3,10-12H,4-9H2,1H3,(H,22,25)(H,19,20,21);2-3,10-12H,4-9,19H2,1H3,(H,23,25)(H,20,21,22);2-6H,1H3,(H,16,18);2-6H,1H3,(H,16,18)(H2,13,14,15);1-4H;1-7H2. The van der Waals surface area contributed by atoms with E-state index in [1.807, 2.05) is 35.6 Å². The van der Waals surface area contributed by atoms with Gasteiger partial charge in [0.2, 0.25) is 17.8 Å². The third-order valence-electron chi connectivity index (χ3n) is 16.8. The minimum Gasteiger partial charge on any atom is -0.399 e. The Morgan fingerprint density at radius 2 is 0.793 bits per heavy atom.